The molecule has 0 atom stereocenters. The third-order valence-electron chi connectivity index (χ3n) is 4.45. The fourth-order valence-electron chi connectivity index (χ4n) is 3.10. The smallest absolute Gasteiger partial charge is 0.231 e. The van der Waals surface area contributed by atoms with Gasteiger partial charge in [0.2, 0.25) is 6.79 Å². The lowest BCUT2D eigenvalue weighted by Gasteiger charge is -2.10. The van der Waals surface area contributed by atoms with Crippen LogP contribution in [0.1, 0.15) is 5.56 Å². The maximum absolute atomic E-state index is 8.61. The summed E-state index contributed by atoms with van der Waals surface area (Å²) >= 11 is 0. The van der Waals surface area contributed by atoms with Crippen molar-refractivity contribution in [2.24, 2.45) is 0 Å². The molecule has 0 saturated carbocycles. The lowest BCUT2D eigenvalue weighted by atomic mass is 10.2. The highest BCUT2D eigenvalue weighted by Crippen LogP contribution is 2.32. The van der Waals surface area contributed by atoms with E-state index in [9.17, 15) is 0 Å². The lowest BCUT2D eigenvalue weighted by Crippen LogP contribution is -2.21. The molecule has 0 amide bonds. The molecule has 0 saturated heterocycles. The number of nitrogens with one attached hydrogen (secondary N) is 1. The zero-order valence-corrected chi connectivity index (χ0v) is 13.8. The van der Waals surface area contributed by atoms with Crippen LogP contribution in [0.3, 0.4) is 0 Å². The van der Waals surface area contributed by atoms with Gasteiger partial charge in [0.05, 0.1) is 24.7 Å². The maximum atomic E-state index is 8.61. The number of rotatable bonds is 3. The second kappa shape index (κ2) is 5.73. The van der Waals surface area contributed by atoms with Gasteiger partial charge < -0.3 is 18.6 Å². The Morgan fingerprint density at radius 3 is 2.85 bits per heavy atom. The number of imidazole rings is 1. The molecule has 4 aromatic rings. The molecule has 7 heteroatoms. The molecule has 3 heterocycles. The first-order chi connectivity index (χ1) is 12.8. The van der Waals surface area contributed by atoms with Gasteiger partial charge in [0.15, 0.2) is 11.5 Å². The van der Waals surface area contributed by atoms with Crippen molar-refractivity contribution in [1.82, 2.24) is 19.1 Å². The van der Waals surface area contributed by atoms with Crippen LogP contribution in [-0.4, -0.2) is 25.9 Å². The summed E-state index contributed by atoms with van der Waals surface area (Å²) in [7, 11) is 0. The van der Waals surface area contributed by atoms with Crippen molar-refractivity contribution < 1.29 is 9.47 Å². The molecule has 5 rings (SSSR count). The summed E-state index contributed by atoms with van der Waals surface area (Å²) in [5.74, 6) is 1.50. The Labute approximate surface area is 148 Å². The third-order valence-corrected chi connectivity index (χ3v) is 4.45. The van der Waals surface area contributed by atoms with Gasteiger partial charge in [0, 0.05) is 23.5 Å². The number of fused-ring (bicyclic) bond motifs is 2. The molecule has 1 aliphatic heterocycles. The summed E-state index contributed by atoms with van der Waals surface area (Å²) in [5, 5.41) is 9.40. The third kappa shape index (κ3) is 2.41. The monoisotopic (exact) mass is 345 g/mol. The predicted octanol–water partition coefficient (Wildman–Crippen LogP) is 2.48. The van der Waals surface area contributed by atoms with Crippen molar-refractivity contribution in [2.75, 3.05) is 6.79 Å². The van der Waals surface area contributed by atoms with E-state index in [2.05, 4.69) is 9.97 Å². The van der Waals surface area contributed by atoms with E-state index in [-0.39, 0.29) is 6.79 Å². The van der Waals surface area contributed by atoms with E-state index in [1.54, 1.807) is 18.9 Å². The molecule has 7 nitrogen and oxygen atoms in total. The Hall–Kier alpha value is -3.61. The number of hydrogen-bond donors (Lipinski definition) is 1. The van der Waals surface area contributed by atoms with Crippen LogP contribution in [0.5, 0.6) is 11.5 Å². The summed E-state index contributed by atoms with van der Waals surface area (Å²) in [5.41, 5.74) is 3.18. The summed E-state index contributed by atoms with van der Waals surface area (Å²) in [6.07, 6.45) is 7.05. The summed E-state index contributed by atoms with van der Waals surface area (Å²) < 4.78 is 14.5. The van der Waals surface area contributed by atoms with Gasteiger partial charge in [-0.15, -0.1) is 0 Å². The van der Waals surface area contributed by atoms with Gasteiger partial charge in [-0.1, -0.05) is 6.07 Å². The van der Waals surface area contributed by atoms with E-state index < -0.39 is 0 Å². The molecule has 0 fully saturated rings. The molecular formula is C19H15N5O2. The molecule has 1 N–H and O–H groups in total. The largest absolute Gasteiger partial charge is 0.454 e. The van der Waals surface area contributed by atoms with Gasteiger partial charge in [-0.2, -0.15) is 0 Å². The Kier molecular flexibility index (Phi) is 3.24. The average molecular weight is 345 g/mol. The number of aromatic nitrogens is 4. The minimum Gasteiger partial charge on any atom is -0.454 e. The van der Waals surface area contributed by atoms with E-state index in [0.717, 1.165) is 33.7 Å². The highest BCUT2D eigenvalue weighted by atomic mass is 16.7. The van der Waals surface area contributed by atoms with Crippen LogP contribution in [0.2, 0.25) is 0 Å². The first-order valence-electron chi connectivity index (χ1n) is 8.18. The van der Waals surface area contributed by atoms with Gasteiger partial charge in [-0.05, 0) is 35.9 Å². The number of ether oxygens (including phenoxy) is 2. The molecule has 2 aromatic heterocycles. The molecule has 0 aliphatic carbocycles. The Morgan fingerprint density at radius 1 is 1.04 bits per heavy atom. The fourth-order valence-corrected chi connectivity index (χ4v) is 3.10. The van der Waals surface area contributed by atoms with Gasteiger partial charge in [0.25, 0.3) is 0 Å². The summed E-state index contributed by atoms with van der Waals surface area (Å²) in [6, 6.07) is 11.7. The van der Waals surface area contributed by atoms with Crippen molar-refractivity contribution in [3.05, 3.63) is 72.5 Å². The van der Waals surface area contributed by atoms with Crippen LogP contribution in [0.4, 0.5) is 0 Å². The van der Waals surface area contributed by atoms with Crippen LogP contribution < -0.4 is 15.0 Å². The summed E-state index contributed by atoms with van der Waals surface area (Å²) in [6.45, 7) is 0.790. The quantitative estimate of drug-likeness (QED) is 0.619. The molecule has 2 aromatic carbocycles. The standard InChI is InChI=1S/C19H15N5O2/c20-19-15-8-14(23-6-5-21-10-23)2-3-16(15)22-11-24(19)9-13-1-4-17-18(7-13)26-12-25-17/h1-8,10-11,20H,9,12H2. The SMILES string of the molecule is N=c1c2cc(-n3ccnc3)ccc2ncn1Cc1ccc2c(c1)OCO2. The zero-order chi connectivity index (χ0) is 17.5. The number of hydrogen-bond acceptors (Lipinski definition) is 5. The average Bonchev–Trinajstić information content (AvgIpc) is 3.35. The molecule has 0 spiro atoms. The number of benzene rings is 2. The van der Waals surface area contributed by atoms with E-state index in [1.807, 2.05) is 51.7 Å². The Balaban J connectivity index is 1.56. The van der Waals surface area contributed by atoms with Crippen molar-refractivity contribution in [1.29, 1.82) is 5.41 Å². The zero-order valence-electron chi connectivity index (χ0n) is 13.8. The second-order valence-electron chi connectivity index (χ2n) is 6.08. The van der Waals surface area contributed by atoms with E-state index in [4.69, 9.17) is 14.9 Å². The highest BCUT2D eigenvalue weighted by Gasteiger charge is 2.13. The molecule has 26 heavy (non-hydrogen) atoms. The van der Waals surface area contributed by atoms with Crippen LogP contribution >= 0.6 is 0 Å². The van der Waals surface area contributed by atoms with E-state index in [1.165, 1.54) is 0 Å². The van der Waals surface area contributed by atoms with Crippen molar-refractivity contribution in [2.45, 2.75) is 6.54 Å². The molecular weight excluding hydrogens is 330 g/mol. The maximum Gasteiger partial charge on any atom is 0.231 e. The molecule has 0 bridgehead atoms. The minimum atomic E-state index is 0.254. The van der Waals surface area contributed by atoms with Gasteiger partial charge in [0.1, 0.15) is 5.49 Å². The number of nitrogens with zero attached hydrogens (tertiary/aromatic N) is 4. The van der Waals surface area contributed by atoms with Crippen LogP contribution in [0, 0.1) is 5.41 Å². The van der Waals surface area contributed by atoms with Crippen molar-refractivity contribution in [3.8, 4) is 17.2 Å². The molecule has 1 aliphatic rings. The van der Waals surface area contributed by atoms with Crippen LogP contribution in [0.25, 0.3) is 16.6 Å². The first kappa shape index (κ1) is 14.7. The predicted molar refractivity (Wildman–Crippen MR) is 94.4 cm³/mol. The highest BCUT2D eigenvalue weighted by molar-refractivity contribution is 5.79. The second-order valence-corrected chi connectivity index (χ2v) is 6.08. The minimum absolute atomic E-state index is 0.254. The van der Waals surface area contributed by atoms with Gasteiger partial charge >= 0.3 is 0 Å². The normalized spacial score (nSPS) is 12.6. The summed E-state index contributed by atoms with van der Waals surface area (Å²) in [4.78, 5) is 8.57. The molecule has 0 unspecified atom stereocenters. The van der Waals surface area contributed by atoms with Crippen molar-refractivity contribution in [3.63, 3.8) is 0 Å². The molecule has 0 radical (unpaired) electrons. The first-order valence-corrected chi connectivity index (χ1v) is 8.18. The topological polar surface area (TPSA) is 78.0 Å². The van der Waals surface area contributed by atoms with Gasteiger partial charge in [-0.25, -0.2) is 9.97 Å². The van der Waals surface area contributed by atoms with Crippen LogP contribution in [0.15, 0.2) is 61.4 Å². The van der Waals surface area contributed by atoms with Gasteiger partial charge in [-0.3, -0.25) is 5.41 Å². The van der Waals surface area contributed by atoms with Crippen molar-refractivity contribution >= 4 is 10.9 Å². The Bertz CT molecular complexity index is 1160. The molecule has 128 valence electrons. The van der Waals surface area contributed by atoms with Crippen LogP contribution in [-0.2, 0) is 6.54 Å². The van der Waals surface area contributed by atoms with E-state index >= 15 is 0 Å². The van der Waals surface area contributed by atoms with E-state index in [0.29, 0.717) is 12.0 Å². The lowest BCUT2D eigenvalue weighted by molar-refractivity contribution is 0.174. The Morgan fingerprint density at radius 2 is 1.96 bits per heavy atom. The fraction of sp³-hybridized carbons (Fsp3) is 0.105.